The number of benzene rings is 1. The van der Waals surface area contributed by atoms with Crippen molar-refractivity contribution in [1.82, 2.24) is 10.2 Å². The summed E-state index contributed by atoms with van der Waals surface area (Å²) >= 11 is 0. The zero-order valence-corrected chi connectivity index (χ0v) is 10.7. The molecule has 0 bridgehead atoms. The zero-order valence-electron chi connectivity index (χ0n) is 10.7. The first-order chi connectivity index (χ1) is 8.32. The molecule has 1 aromatic carbocycles. The van der Waals surface area contributed by atoms with Crippen LogP contribution in [-0.2, 0) is 6.54 Å². The molecule has 1 aromatic rings. The van der Waals surface area contributed by atoms with Gasteiger partial charge in [0.05, 0.1) is 0 Å². The third-order valence-corrected chi connectivity index (χ3v) is 4.35. The van der Waals surface area contributed by atoms with E-state index in [-0.39, 0.29) is 0 Å². The van der Waals surface area contributed by atoms with Crippen LogP contribution in [0.1, 0.15) is 25.3 Å². The molecular formula is C15H22N2. The van der Waals surface area contributed by atoms with E-state index in [4.69, 9.17) is 0 Å². The summed E-state index contributed by atoms with van der Waals surface area (Å²) in [6.07, 6.45) is 2.78. The van der Waals surface area contributed by atoms with Crippen molar-refractivity contribution in [2.45, 2.75) is 32.4 Å². The summed E-state index contributed by atoms with van der Waals surface area (Å²) in [7, 11) is 0. The number of rotatable bonds is 4. The molecule has 0 radical (unpaired) electrons. The van der Waals surface area contributed by atoms with Crippen molar-refractivity contribution in [3.63, 3.8) is 0 Å². The monoisotopic (exact) mass is 230 g/mol. The molecule has 1 aliphatic carbocycles. The SMILES string of the molecule is CCNC1CC12CCN(Cc1ccccc1)C2. The van der Waals surface area contributed by atoms with Gasteiger partial charge in [-0.25, -0.2) is 0 Å². The molecule has 1 spiro atoms. The lowest BCUT2D eigenvalue weighted by molar-refractivity contribution is 0.308. The van der Waals surface area contributed by atoms with E-state index in [2.05, 4.69) is 47.5 Å². The number of hydrogen-bond acceptors (Lipinski definition) is 2. The van der Waals surface area contributed by atoms with Crippen molar-refractivity contribution in [3.05, 3.63) is 35.9 Å². The summed E-state index contributed by atoms with van der Waals surface area (Å²) in [5.74, 6) is 0. The Morgan fingerprint density at radius 2 is 2.18 bits per heavy atom. The Morgan fingerprint density at radius 3 is 2.94 bits per heavy atom. The topological polar surface area (TPSA) is 15.3 Å². The molecule has 2 atom stereocenters. The number of hydrogen-bond donors (Lipinski definition) is 1. The fourth-order valence-electron chi connectivity index (χ4n) is 3.29. The maximum Gasteiger partial charge on any atom is 0.0233 e. The van der Waals surface area contributed by atoms with Gasteiger partial charge in [-0.1, -0.05) is 37.3 Å². The maximum absolute atomic E-state index is 3.61. The average molecular weight is 230 g/mol. The van der Waals surface area contributed by atoms with Gasteiger partial charge in [-0.3, -0.25) is 4.90 Å². The quantitative estimate of drug-likeness (QED) is 0.853. The van der Waals surface area contributed by atoms with Crippen LogP contribution >= 0.6 is 0 Å². The lowest BCUT2D eigenvalue weighted by Crippen LogP contribution is -2.26. The molecule has 0 amide bonds. The van der Waals surface area contributed by atoms with Gasteiger partial charge in [0, 0.05) is 24.5 Å². The first-order valence-corrected chi connectivity index (χ1v) is 6.82. The van der Waals surface area contributed by atoms with Crippen LogP contribution in [0.25, 0.3) is 0 Å². The Balaban J connectivity index is 1.55. The Bertz CT molecular complexity index is 376. The van der Waals surface area contributed by atoms with Crippen LogP contribution in [0.2, 0.25) is 0 Å². The van der Waals surface area contributed by atoms with E-state index >= 15 is 0 Å². The minimum absolute atomic E-state index is 0.630. The van der Waals surface area contributed by atoms with E-state index in [1.165, 1.54) is 31.5 Å². The minimum atomic E-state index is 0.630. The molecular weight excluding hydrogens is 208 g/mol. The standard InChI is InChI=1S/C15H22N2/c1-2-16-14-10-15(14)8-9-17(12-15)11-13-6-4-3-5-7-13/h3-7,14,16H,2,8-12H2,1H3. The second-order valence-corrected chi connectivity index (χ2v) is 5.62. The summed E-state index contributed by atoms with van der Waals surface area (Å²) < 4.78 is 0. The molecule has 2 nitrogen and oxygen atoms in total. The van der Waals surface area contributed by atoms with Crippen LogP contribution in [0.5, 0.6) is 0 Å². The van der Waals surface area contributed by atoms with Crippen LogP contribution < -0.4 is 5.32 Å². The normalized spacial score (nSPS) is 32.2. The summed E-state index contributed by atoms with van der Waals surface area (Å²) in [4.78, 5) is 2.62. The minimum Gasteiger partial charge on any atom is -0.314 e. The predicted octanol–water partition coefficient (Wildman–Crippen LogP) is 2.26. The fraction of sp³-hybridized carbons (Fsp3) is 0.600. The average Bonchev–Trinajstić information content (AvgIpc) is 2.83. The van der Waals surface area contributed by atoms with Gasteiger partial charge in [0.25, 0.3) is 0 Å². The molecule has 2 unspecified atom stereocenters. The first-order valence-electron chi connectivity index (χ1n) is 6.82. The summed E-state index contributed by atoms with van der Waals surface area (Å²) in [6, 6.07) is 11.6. The molecule has 17 heavy (non-hydrogen) atoms. The molecule has 1 saturated carbocycles. The number of nitrogens with one attached hydrogen (secondary N) is 1. The molecule has 1 saturated heterocycles. The molecule has 1 heterocycles. The second-order valence-electron chi connectivity index (χ2n) is 5.62. The third-order valence-electron chi connectivity index (χ3n) is 4.35. The van der Waals surface area contributed by atoms with Crippen LogP contribution in [0, 0.1) is 5.41 Å². The van der Waals surface area contributed by atoms with E-state index in [1.807, 2.05) is 0 Å². The van der Waals surface area contributed by atoms with E-state index in [1.54, 1.807) is 0 Å². The smallest absolute Gasteiger partial charge is 0.0233 e. The lowest BCUT2D eigenvalue weighted by Gasteiger charge is -2.16. The first kappa shape index (κ1) is 11.2. The Morgan fingerprint density at radius 1 is 1.35 bits per heavy atom. The largest absolute Gasteiger partial charge is 0.314 e. The summed E-state index contributed by atoms with van der Waals surface area (Å²) in [5, 5.41) is 3.61. The van der Waals surface area contributed by atoms with Gasteiger partial charge in [-0.15, -0.1) is 0 Å². The summed E-state index contributed by atoms with van der Waals surface area (Å²) in [5.41, 5.74) is 2.08. The van der Waals surface area contributed by atoms with Gasteiger partial charge in [-0.2, -0.15) is 0 Å². The molecule has 2 aliphatic rings. The van der Waals surface area contributed by atoms with Crippen LogP contribution in [0.15, 0.2) is 30.3 Å². The number of likely N-dealkylation sites (tertiary alicyclic amines) is 1. The Hall–Kier alpha value is -0.860. The highest BCUT2D eigenvalue weighted by Crippen LogP contribution is 2.53. The van der Waals surface area contributed by atoms with Crippen LogP contribution in [0.4, 0.5) is 0 Å². The molecule has 2 fully saturated rings. The highest BCUT2D eigenvalue weighted by molar-refractivity contribution is 5.17. The van der Waals surface area contributed by atoms with Gasteiger partial charge in [0.1, 0.15) is 0 Å². The van der Waals surface area contributed by atoms with Crippen molar-refractivity contribution in [1.29, 1.82) is 0 Å². The van der Waals surface area contributed by atoms with Gasteiger partial charge >= 0.3 is 0 Å². The fourth-order valence-corrected chi connectivity index (χ4v) is 3.29. The third kappa shape index (κ3) is 2.24. The molecule has 1 N–H and O–H groups in total. The highest BCUT2D eigenvalue weighted by atomic mass is 15.2. The van der Waals surface area contributed by atoms with E-state index in [0.717, 1.165) is 19.1 Å². The lowest BCUT2D eigenvalue weighted by atomic mass is 10.1. The van der Waals surface area contributed by atoms with Crippen molar-refractivity contribution >= 4 is 0 Å². The molecule has 0 aromatic heterocycles. The van der Waals surface area contributed by atoms with Gasteiger partial charge in [0.2, 0.25) is 0 Å². The Labute approximate surface area is 104 Å². The van der Waals surface area contributed by atoms with E-state index in [0.29, 0.717) is 5.41 Å². The number of nitrogens with zero attached hydrogens (tertiary/aromatic N) is 1. The maximum atomic E-state index is 3.61. The van der Waals surface area contributed by atoms with E-state index in [9.17, 15) is 0 Å². The van der Waals surface area contributed by atoms with E-state index < -0.39 is 0 Å². The van der Waals surface area contributed by atoms with Crippen LogP contribution in [-0.4, -0.2) is 30.6 Å². The Kier molecular flexibility index (Phi) is 2.93. The highest BCUT2D eigenvalue weighted by Gasteiger charge is 2.56. The van der Waals surface area contributed by atoms with Gasteiger partial charge < -0.3 is 5.32 Å². The molecule has 3 rings (SSSR count). The van der Waals surface area contributed by atoms with Crippen molar-refractivity contribution in [2.24, 2.45) is 5.41 Å². The molecule has 2 heteroatoms. The van der Waals surface area contributed by atoms with Crippen LogP contribution in [0.3, 0.4) is 0 Å². The van der Waals surface area contributed by atoms with Gasteiger partial charge in [-0.05, 0) is 31.5 Å². The van der Waals surface area contributed by atoms with Gasteiger partial charge in [0.15, 0.2) is 0 Å². The summed E-state index contributed by atoms with van der Waals surface area (Å²) in [6.45, 7) is 7.02. The second kappa shape index (κ2) is 4.43. The van der Waals surface area contributed by atoms with Crippen molar-refractivity contribution in [2.75, 3.05) is 19.6 Å². The molecule has 1 aliphatic heterocycles. The zero-order chi connectivity index (χ0) is 11.7. The van der Waals surface area contributed by atoms with Crippen molar-refractivity contribution < 1.29 is 0 Å². The molecule has 92 valence electrons. The van der Waals surface area contributed by atoms with Crippen molar-refractivity contribution in [3.8, 4) is 0 Å². The predicted molar refractivity (Wildman–Crippen MR) is 70.9 cm³/mol.